The molecule has 0 atom stereocenters. The van der Waals surface area contributed by atoms with E-state index in [-0.39, 0.29) is 11.4 Å². The quantitative estimate of drug-likeness (QED) is 0.225. The van der Waals surface area contributed by atoms with Gasteiger partial charge in [-0.25, -0.2) is 0 Å². The Morgan fingerprint density at radius 1 is 1.06 bits per heavy atom. The van der Waals surface area contributed by atoms with Crippen molar-refractivity contribution in [2.75, 3.05) is 32.2 Å². The molecule has 0 bridgehead atoms. The predicted molar refractivity (Wildman–Crippen MR) is 130 cm³/mol. The van der Waals surface area contributed by atoms with Gasteiger partial charge in [-0.15, -0.1) is 0 Å². The summed E-state index contributed by atoms with van der Waals surface area (Å²) in [6, 6.07) is 16.1. The van der Waals surface area contributed by atoms with Crippen molar-refractivity contribution in [1.29, 1.82) is 5.26 Å². The molecule has 35 heavy (non-hydrogen) atoms. The summed E-state index contributed by atoms with van der Waals surface area (Å²) in [5.41, 5.74) is 0.526. The lowest BCUT2D eigenvalue weighted by molar-refractivity contribution is -0.112. The van der Waals surface area contributed by atoms with Gasteiger partial charge in [0.25, 0.3) is 5.91 Å². The highest BCUT2D eigenvalue weighted by atomic mass is 16.5. The first-order chi connectivity index (χ1) is 17.0. The van der Waals surface area contributed by atoms with E-state index in [0.717, 1.165) is 0 Å². The van der Waals surface area contributed by atoms with Gasteiger partial charge in [0.15, 0.2) is 28.8 Å². The Bertz CT molecular complexity index is 1210. The van der Waals surface area contributed by atoms with Gasteiger partial charge in [-0.3, -0.25) is 4.79 Å². The largest absolute Gasteiger partial charge is 0.493 e. The number of hydrogen-bond acceptors (Lipinski definition) is 8. The molecule has 2 aromatic carbocycles. The van der Waals surface area contributed by atoms with E-state index in [9.17, 15) is 10.1 Å². The number of methoxy groups -OCH3 is 1. The average molecular weight is 478 g/mol. The molecule has 0 radical (unpaired) electrons. The fourth-order valence-corrected chi connectivity index (χ4v) is 3.09. The number of anilines is 1. The highest BCUT2D eigenvalue weighted by Gasteiger charge is 2.13. The molecule has 1 heterocycles. The third-order valence-corrected chi connectivity index (χ3v) is 4.69. The Labute approximate surface area is 203 Å². The maximum Gasteiger partial charge on any atom is 0.267 e. The van der Waals surface area contributed by atoms with Gasteiger partial charge < -0.3 is 28.8 Å². The van der Waals surface area contributed by atoms with Gasteiger partial charge in [0.1, 0.15) is 17.4 Å². The zero-order valence-electron chi connectivity index (χ0n) is 19.9. The summed E-state index contributed by atoms with van der Waals surface area (Å²) in [4.78, 5) is 12.4. The second kappa shape index (κ2) is 12.7. The molecule has 182 valence electrons. The van der Waals surface area contributed by atoms with Crippen molar-refractivity contribution >= 4 is 17.8 Å². The molecular weight excluding hydrogens is 450 g/mol. The van der Waals surface area contributed by atoms with Gasteiger partial charge >= 0.3 is 0 Å². The molecule has 0 fully saturated rings. The van der Waals surface area contributed by atoms with Crippen molar-refractivity contribution in [3.63, 3.8) is 0 Å². The molecule has 0 saturated heterocycles. The first-order valence-corrected chi connectivity index (χ1v) is 11.1. The summed E-state index contributed by atoms with van der Waals surface area (Å²) in [5.74, 6) is 2.62. The number of para-hydroxylation sites is 2. The van der Waals surface area contributed by atoms with E-state index in [1.165, 1.54) is 6.08 Å². The van der Waals surface area contributed by atoms with Crippen LogP contribution in [0.25, 0.3) is 6.08 Å². The summed E-state index contributed by atoms with van der Waals surface area (Å²) in [7, 11) is 1.60. The van der Waals surface area contributed by atoms with E-state index in [1.54, 1.807) is 38.3 Å². The summed E-state index contributed by atoms with van der Waals surface area (Å²) in [6.45, 7) is 4.86. The molecule has 0 aliphatic rings. The van der Waals surface area contributed by atoms with Gasteiger partial charge in [0, 0.05) is 12.5 Å². The van der Waals surface area contributed by atoms with E-state index >= 15 is 0 Å². The van der Waals surface area contributed by atoms with E-state index in [4.69, 9.17) is 23.5 Å². The number of aromatic nitrogens is 1. The zero-order valence-corrected chi connectivity index (χ0v) is 19.9. The van der Waals surface area contributed by atoms with Gasteiger partial charge in [-0.1, -0.05) is 23.4 Å². The number of amides is 1. The first-order valence-electron chi connectivity index (χ1n) is 11.1. The Morgan fingerprint density at radius 3 is 2.40 bits per heavy atom. The lowest BCUT2D eigenvalue weighted by Gasteiger charge is -2.14. The molecule has 0 aliphatic carbocycles. The number of benzene rings is 2. The van der Waals surface area contributed by atoms with Crippen LogP contribution in [-0.4, -0.2) is 38.0 Å². The number of nitrogens with one attached hydrogen (secondary N) is 1. The molecule has 1 aromatic heterocycles. The zero-order chi connectivity index (χ0) is 25.0. The van der Waals surface area contributed by atoms with Crippen molar-refractivity contribution in [3.05, 3.63) is 65.4 Å². The van der Waals surface area contributed by atoms with Crippen LogP contribution in [0.4, 0.5) is 5.82 Å². The van der Waals surface area contributed by atoms with Crippen LogP contribution in [0.2, 0.25) is 0 Å². The first kappa shape index (κ1) is 25.2. The molecule has 9 heteroatoms. The summed E-state index contributed by atoms with van der Waals surface area (Å²) < 4.78 is 27.5. The van der Waals surface area contributed by atoms with Crippen LogP contribution >= 0.6 is 0 Å². The normalized spacial score (nSPS) is 10.9. The fourth-order valence-electron chi connectivity index (χ4n) is 3.09. The maximum absolute atomic E-state index is 12.4. The second-order valence-corrected chi connectivity index (χ2v) is 7.29. The minimum atomic E-state index is -0.589. The Morgan fingerprint density at radius 2 is 1.77 bits per heavy atom. The third kappa shape index (κ3) is 7.27. The van der Waals surface area contributed by atoms with Crippen LogP contribution in [0, 0.1) is 18.3 Å². The molecule has 0 spiro atoms. The van der Waals surface area contributed by atoms with Crippen LogP contribution in [0.15, 0.2) is 58.6 Å². The number of nitriles is 1. The number of ether oxygens (including phenoxy) is 4. The predicted octanol–water partition coefficient (Wildman–Crippen LogP) is 4.78. The van der Waals surface area contributed by atoms with Gasteiger partial charge in [-0.05, 0) is 49.8 Å². The number of carbonyl (C=O) groups is 1. The monoisotopic (exact) mass is 477 g/mol. The minimum Gasteiger partial charge on any atom is -0.493 e. The number of aryl methyl sites for hydroxylation is 1. The number of nitrogens with zero attached hydrogens (tertiary/aromatic N) is 2. The molecule has 3 rings (SSSR count). The summed E-state index contributed by atoms with van der Waals surface area (Å²) >= 11 is 0. The maximum atomic E-state index is 12.4. The van der Waals surface area contributed by atoms with E-state index in [2.05, 4.69) is 10.5 Å². The summed E-state index contributed by atoms with van der Waals surface area (Å²) in [6.07, 6.45) is 2.11. The van der Waals surface area contributed by atoms with Crippen molar-refractivity contribution < 1.29 is 28.3 Å². The fraction of sp³-hybridized carbons (Fsp3) is 0.269. The Hall–Kier alpha value is -4.45. The molecule has 0 saturated carbocycles. The molecule has 0 aliphatic heterocycles. The number of carbonyl (C=O) groups excluding carboxylic acids is 1. The van der Waals surface area contributed by atoms with Gasteiger partial charge in [0.05, 0.1) is 26.9 Å². The van der Waals surface area contributed by atoms with E-state index in [1.807, 2.05) is 37.3 Å². The highest BCUT2D eigenvalue weighted by Crippen LogP contribution is 2.30. The number of rotatable bonds is 12. The smallest absolute Gasteiger partial charge is 0.267 e. The average Bonchev–Trinajstić information content (AvgIpc) is 3.27. The van der Waals surface area contributed by atoms with Gasteiger partial charge in [0.2, 0.25) is 0 Å². The summed E-state index contributed by atoms with van der Waals surface area (Å²) in [5, 5.41) is 15.7. The van der Waals surface area contributed by atoms with Crippen LogP contribution in [0.5, 0.6) is 23.0 Å². The molecule has 0 unspecified atom stereocenters. The SMILES string of the molecule is CCOc1cc(C=C(C#N)C(=O)Nc2cc(C)on2)ccc1OCCCOc1ccccc1OC. The van der Waals surface area contributed by atoms with Crippen molar-refractivity contribution in [1.82, 2.24) is 5.16 Å². The van der Waals surface area contributed by atoms with Crippen LogP contribution in [0.3, 0.4) is 0 Å². The van der Waals surface area contributed by atoms with E-state index in [0.29, 0.717) is 60.6 Å². The number of hydrogen-bond donors (Lipinski definition) is 1. The molecular formula is C26H27N3O6. The molecule has 3 aromatic rings. The lowest BCUT2D eigenvalue weighted by atomic mass is 10.1. The van der Waals surface area contributed by atoms with Crippen molar-refractivity contribution in [2.45, 2.75) is 20.3 Å². The van der Waals surface area contributed by atoms with Crippen LogP contribution in [-0.2, 0) is 4.79 Å². The van der Waals surface area contributed by atoms with Crippen molar-refractivity contribution in [2.24, 2.45) is 0 Å². The highest BCUT2D eigenvalue weighted by molar-refractivity contribution is 6.09. The minimum absolute atomic E-state index is 0.0877. The third-order valence-electron chi connectivity index (χ3n) is 4.69. The van der Waals surface area contributed by atoms with Crippen molar-refractivity contribution in [3.8, 4) is 29.1 Å². The van der Waals surface area contributed by atoms with Crippen LogP contribution in [0.1, 0.15) is 24.7 Å². The topological polar surface area (TPSA) is 116 Å². The van der Waals surface area contributed by atoms with Crippen LogP contribution < -0.4 is 24.3 Å². The standard InChI is InChI=1S/C26H27N3O6/c1-4-32-24-16-19(15-20(17-27)26(30)28-25-14-18(2)35-29-25)10-11-23(24)34-13-7-12-33-22-9-6-5-8-21(22)31-3/h5-6,8-11,14-16H,4,7,12-13H2,1-3H3,(H,28,29,30). The lowest BCUT2D eigenvalue weighted by Crippen LogP contribution is -2.13. The Kier molecular flexibility index (Phi) is 9.14. The van der Waals surface area contributed by atoms with E-state index < -0.39 is 5.91 Å². The molecule has 1 N–H and O–H groups in total. The molecule has 1 amide bonds. The second-order valence-electron chi connectivity index (χ2n) is 7.29. The van der Waals surface area contributed by atoms with Gasteiger partial charge in [-0.2, -0.15) is 5.26 Å². The Balaban J connectivity index is 1.60. The molecule has 9 nitrogen and oxygen atoms in total.